The first-order chi connectivity index (χ1) is 8.31. The van der Waals surface area contributed by atoms with E-state index in [0.29, 0.717) is 19.3 Å². The standard InChI is InChI=1S/C12H20N2O3/c1-13-6-9-3-11(4-9)16-7-10-5-12(8-15-2)17-14-10/h5,9,11,13H,3-4,6-8H2,1-2H3. The molecule has 1 heterocycles. The van der Waals surface area contributed by atoms with Crippen molar-refractivity contribution in [2.75, 3.05) is 20.7 Å². The summed E-state index contributed by atoms with van der Waals surface area (Å²) in [5.41, 5.74) is 0.842. The second kappa shape index (κ2) is 6.14. The third-order valence-corrected chi connectivity index (χ3v) is 3.05. The van der Waals surface area contributed by atoms with E-state index in [-0.39, 0.29) is 0 Å². The molecule has 0 radical (unpaired) electrons. The van der Waals surface area contributed by atoms with Crippen LogP contribution in [0.4, 0.5) is 0 Å². The van der Waals surface area contributed by atoms with Gasteiger partial charge in [0.15, 0.2) is 5.76 Å². The number of methoxy groups -OCH3 is 1. The van der Waals surface area contributed by atoms with Gasteiger partial charge in [-0.1, -0.05) is 5.16 Å². The zero-order valence-electron chi connectivity index (χ0n) is 10.4. The van der Waals surface area contributed by atoms with Gasteiger partial charge in [0.05, 0.1) is 12.7 Å². The molecule has 17 heavy (non-hydrogen) atoms. The second-order valence-corrected chi connectivity index (χ2v) is 4.55. The average molecular weight is 240 g/mol. The molecule has 1 aromatic rings. The predicted molar refractivity (Wildman–Crippen MR) is 62.4 cm³/mol. The maximum absolute atomic E-state index is 5.74. The lowest BCUT2D eigenvalue weighted by Gasteiger charge is -2.34. The molecule has 0 spiro atoms. The molecule has 2 rings (SSSR count). The van der Waals surface area contributed by atoms with Crippen LogP contribution in [0.15, 0.2) is 10.6 Å². The topological polar surface area (TPSA) is 56.5 Å². The number of nitrogens with one attached hydrogen (secondary N) is 1. The van der Waals surface area contributed by atoms with Crippen LogP contribution in [0.25, 0.3) is 0 Å². The highest BCUT2D eigenvalue weighted by Gasteiger charge is 2.29. The molecule has 0 aromatic carbocycles. The van der Waals surface area contributed by atoms with Crippen LogP contribution in [0, 0.1) is 5.92 Å². The van der Waals surface area contributed by atoms with Crippen LogP contribution in [-0.2, 0) is 22.7 Å². The first kappa shape index (κ1) is 12.5. The summed E-state index contributed by atoms with van der Waals surface area (Å²) in [7, 11) is 3.62. The number of aromatic nitrogens is 1. The highest BCUT2D eigenvalue weighted by Crippen LogP contribution is 2.29. The van der Waals surface area contributed by atoms with Crippen LogP contribution < -0.4 is 5.32 Å². The molecule has 0 unspecified atom stereocenters. The summed E-state index contributed by atoms with van der Waals surface area (Å²) in [6.07, 6.45) is 2.67. The summed E-state index contributed by atoms with van der Waals surface area (Å²) in [5.74, 6) is 1.51. The molecule has 1 saturated carbocycles. The van der Waals surface area contributed by atoms with E-state index in [1.54, 1.807) is 7.11 Å². The Balaban J connectivity index is 1.65. The smallest absolute Gasteiger partial charge is 0.162 e. The van der Waals surface area contributed by atoms with Gasteiger partial charge in [-0.2, -0.15) is 0 Å². The summed E-state index contributed by atoms with van der Waals surface area (Å²) in [4.78, 5) is 0. The van der Waals surface area contributed by atoms with Crippen LogP contribution in [0.5, 0.6) is 0 Å². The molecule has 0 bridgehead atoms. The summed E-state index contributed by atoms with van der Waals surface area (Å²) in [5, 5.41) is 7.11. The monoisotopic (exact) mass is 240 g/mol. The van der Waals surface area contributed by atoms with Crippen LogP contribution in [0.1, 0.15) is 24.3 Å². The Hall–Kier alpha value is -0.910. The minimum absolute atomic E-state index is 0.385. The van der Waals surface area contributed by atoms with E-state index in [2.05, 4.69) is 10.5 Å². The lowest BCUT2D eigenvalue weighted by Crippen LogP contribution is -2.36. The molecule has 1 aliphatic carbocycles. The summed E-state index contributed by atoms with van der Waals surface area (Å²) in [6, 6.07) is 1.88. The van der Waals surface area contributed by atoms with Crippen molar-refractivity contribution in [1.82, 2.24) is 10.5 Å². The highest BCUT2D eigenvalue weighted by molar-refractivity contribution is 5.03. The van der Waals surface area contributed by atoms with Gasteiger partial charge >= 0.3 is 0 Å². The molecule has 1 fully saturated rings. The fraction of sp³-hybridized carbons (Fsp3) is 0.750. The van der Waals surface area contributed by atoms with Gasteiger partial charge in [0, 0.05) is 13.2 Å². The van der Waals surface area contributed by atoms with Crippen molar-refractivity contribution in [2.24, 2.45) is 5.92 Å². The Kier molecular flexibility index (Phi) is 4.53. The summed E-state index contributed by atoms with van der Waals surface area (Å²) < 4.78 is 15.8. The Morgan fingerprint density at radius 3 is 3.00 bits per heavy atom. The quantitative estimate of drug-likeness (QED) is 0.779. The molecular formula is C12H20N2O3. The molecule has 96 valence electrons. The number of ether oxygens (including phenoxy) is 2. The molecule has 0 aliphatic heterocycles. The van der Waals surface area contributed by atoms with E-state index < -0.39 is 0 Å². The molecule has 0 amide bonds. The molecule has 0 saturated heterocycles. The Morgan fingerprint density at radius 1 is 1.47 bits per heavy atom. The van der Waals surface area contributed by atoms with E-state index in [4.69, 9.17) is 14.0 Å². The fourth-order valence-electron chi connectivity index (χ4n) is 2.10. The van der Waals surface area contributed by atoms with Gasteiger partial charge in [0.25, 0.3) is 0 Å². The van der Waals surface area contributed by atoms with Crippen LogP contribution in [0.2, 0.25) is 0 Å². The molecular weight excluding hydrogens is 220 g/mol. The van der Waals surface area contributed by atoms with E-state index in [1.165, 1.54) is 0 Å². The zero-order valence-corrected chi connectivity index (χ0v) is 10.4. The van der Waals surface area contributed by atoms with Gasteiger partial charge < -0.3 is 19.3 Å². The Labute approximate surface area is 101 Å². The van der Waals surface area contributed by atoms with Gasteiger partial charge in [0.2, 0.25) is 0 Å². The molecule has 1 N–H and O–H groups in total. The third-order valence-electron chi connectivity index (χ3n) is 3.05. The van der Waals surface area contributed by atoms with Crippen molar-refractivity contribution in [3.05, 3.63) is 17.5 Å². The second-order valence-electron chi connectivity index (χ2n) is 4.55. The average Bonchev–Trinajstić information content (AvgIpc) is 2.70. The van der Waals surface area contributed by atoms with Gasteiger partial charge in [-0.15, -0.1) is 0 Å². The number of rotatable bonds is 7. The van der Waals surface area contributed by atoms with E-state index >= 15 is 0 Å². The number of nitrogens with zero attached hydrogens (tertiary/aromatic N) is 1. The van der Waals surface area contributed by atoms with Gasteiger partial charge in [-0.25, -0.2) is 0 Å². The zero-order chi connectivity index (χ0) is 12.1. The Bertz CT molecular complexity index is 334. The molecule has 1 aliphatic rings. The van der Waals surface area contributed by atoms with Crippen molar-refractivity contribution >= 4 is 0 Å². The van der Waals surface area contributed by atoms with Crippen LogP contribution in [-0.4, -0.2) is 32.0 Å². The van der Waals surface area contributed by atoms with Crippen LogP contribution in [0.3, 0.4) is 0 Å². The molecule has 5 nitrogen and oxygen atoms in total. The van der Waals surface area contributed by atoms with Crippen LogP contribution >= 0.6 is 0 Å². The lowest BCUT2D eigenvalue weighted by molar-refractivity contribution is -0.0409. The first-order valence-corrected chi connectivity index (χ1v) is 6.01. The fourth-order valence-corrected chi connectivity index (χ4v) is 2.10. The molecule has 1 aromatic heterocycles. The number of hydrogen-bond acceptors (Lipinski definition) is 5. The van der Waals surface area contributed by atoms with Crippen molar-refractivity contribution in [3.8, 4) is 0 Å². The van der Waals surface area contributed by atoms with Crippen molar-refractivity contribution in [2.45, 2.75) is 32.2 Å². The van der Waals surface area contributed by atoms with Crippen molar-refractivity contribution < 1.29 is 14.0 Å². The van der Waals surface area contributed by atoms with Crippen molar-refractivity contribution in [3.63, 3.8) is 0 Å². The van der Waals surface area contributed by atoms with Gasteiger partial charge in [-0.3, -0.25) is 0 Å². The third kappa shape index (κ3) is 3.52. The summed E-state index contributed by atoms with van der Waals surface area (Å²) >= 11 is 0. The highest BCUT2D eigenvalue weighted by atomic mass is 16.5. The van der Waals surface area contributed by atoms with Crippen molar-refractivity contribution in [1.29, 1.82) is 0 Å². The number of hydrogen-bond donors (Lipinski definition) is 1. The first-order valence-electron chi connectivity index (χ1n) is 6.01. The normalized spacial score (nSPS) is 23.6. The predicted octanol–water partition coefficient (Wildman–Crippen LogP) is 1.34. The minimum atomic E-state index is 0.385. The minimum Gasteiger partial charge on any atom is -0.377 e. The van der Waals surface area contributed by atoms with E-state index in [9.17, 15) is 0 Å². The lowest BCUT2D eigenvalue weighted by atomic mass is 9.82. The largest absolute Gasteiger partial charge is 0.377 e. The summed E-state index contributed by atoms with van der Waals surface area (Å²) in [6.45, 7) is 2.08. The SMILES string of the molecule is CNCC1CC(OCc2cc(COC)on2)C1. The van der Waals surface area contributed by atoms with E-state index in [0.717, 1.165) is 36.8 Å². The molecule has 5 heteroatoms. The maximum atomic E-state index is 5.74. The molecule has 0 atom stereocenters. The van der Waals surface area contributed by atoms with Gasteiger partial charge in [-0.05, 0) is 32.4 Å². The maximum Gasteiger partial charge on any atom is 0.162 e. The van der Waals surface area contributed by atoms with E-state index in [1.807, 2.05) is 13.1 Å². The Morgan fingerprint density at radius 2 is 2.29 bits per heavy atom. The van der Waals surface area contributed by atoms with Gasteiger partial charge in [0.1, 0.15) is 12.3 Å².